The van der Waals surface area contributed by atoms with Crippen molar-refractivity contribution >= 4 is 17.5 Å². The summed E-state index contributed by atoms with van der Waals surface area (Å²) < 4.78 is 18.0. The Kier molecular flexibility index (Phi) is 6.30. The van der Waals surface area contributed by atoms with Crippen LogP contribution >= 0.6 is 0 Å². The Hall–Kier alpha value is -4.34. The predicted molar refractivity (Wildman–Crippen MR) is 113 cm³/mol. The minimum Gasteiger partial charge on any atom is -0.459 e. The van der Waals surface area contributed by atoms with Gasteiger partial charge in [-0.3, -0.25) is 9.59 Å². The maximum absolute atomic E-state index is 12.9. The van der Waals surface area contributed by atoms with E-state index in [2.05, 4.69) is 26.0 Å². The fourth-order valence-electron chi connectivity index (χ4n) is 2.91. The summed E-state index contributed by atoms with van der Waals surface area (Å²) in [4.78, 5) is 25.3. The molecule has 0 atom stereocenters. The van der Waals surface area contributed by atoms with E-state index in [9.17, 15) is 14.0 Å². The van der Waals surface area contributed by atoms with E-state index in [1.165, 1.54) is 23.2 Å². The molecular weight excluding hydrogens is 415 g/mol. The van der Waals surface area contributed by atoms with Crippen molar-refractivity contribution in [3.8, 4) is 11.4 Å². The molecule has 2 amide bonds. The topological polar surface area (TPSA) is 115 Å². The van der Waals surface area contributed by atoms with E-state index in [4.69, 9.17) is 4.42 Å². The first-order valence-electron chi connectivity index (χ1n) is 9.81. The summed E-state index contributed by atoms with van der Waals surface area (Å²) in [5.41, 5.74) is 2.20. The first kappa shape index (κ1) is 20.9. The molecule has 0 aliphatic heterocycles. The molecule has 0 spiro atoms. The van der Waals surface area contributed by atoms with Gasteiger partial charge in [0.05, 0.1) is 6.26 Å². The summed E-state index contributed by atoms with van der Waals surface area (Å²) >= 11 is 0. The molecule has 9 nitrogen and oxygen atoms in total. The zero-order valence-corrected chi connectivity index (χ0v) is 16.9. The Morgan fingerprint density at radius 1 is 1.03 bits per heavy atom. The third-order valence-electron chi connectivity index (χ3n) is 4.53. The Morgan fingerprint density at radius 2 is 1.81 bits per heavy atom. The number of carbonyl (C=O) groups is 2. The average Bonchev–Trinajstić information content (AvgIpc) is 3.48. The van der Waals surface area contributed by atoms with Crippen molar-refractivity contribution in [2.45, 2.75) is 13.0 Å². The molecule has 0 aliphatic carbocycles. The lowest BCUT2D eigenvalue weighted by Crippen LogP contribution is -2.30. The summed E-state index contributed by atoms with van der Waals surface area (Å²) in [7, 11) is 0. The number of hydrogen-bond acceptors (Lipinski definition) is 6. The van der Waals surface area contributed by atoms with Crippen LogP contribution in [0.15, 0.2) is 71.3 Å². The van der Waals surface area contributed by atoms with E-state index < -0.39 is 0 Å². The highest BCUT2D eigenvalue weighted by molar-refractivity contribution is 6.02. The van der Waals surface area contributed by atoms with Gasteiger partial charge in [0.25, 0.3) is 5.91 Å². The zero-order valence-electron chi connectivity index (χ0n) is 16.9. The van der Waals surface area contributed by atoms with Gasteiger partial charge < -0.3 is 15.1 Å². The van der Waals surface area contributed by atoms with Crippen LogP contribution < -0.4 is 10.6 Å². The number of halogens is 1. The van der Waals surface area contributed by atoms with Crippen molar-refractivity contribution in [2.24, 2.45) is 0 Å². The SMILES string of the molecule is O=C(Cn1nnc(-c2ccc(NC(=O)c3ccco3)cc2)n1)NCCc1ccc(F)cc1. The van der Waals surface area contributed by atoms with Crippen LogP contribution in [-0.2, 0) is 17.8 Å². The van der Waals surface area contributed by atoms with Crippen LogP contribution in [0.4, 0.5) is 10.1 Å². The van der Waals surface area contributed by atoms with Gasteiger partial charge in [-0.15, -0.1) is 10.2 Å². The second-order valence-electron chi connectivity index (χ2n) is 6.88. The van der Waals surface area contributed by atoms with E-state index >= 15 is 0 Å². The molecule has 0 fully saturated rings. The number of amides is 2. The molecule has 0 saturated heterocycles. The highest BCUT2D eigenvalue weighted by Crippen LogP contribution is 2.18. The van der Waals surface area contributed by atoms with Gasteiger partial charge in [0.1, 0.15) is 12.4 Å². The number of rotatable bonds is 8. The van der Waals surface area contributed by atoms with Gasteiger partial charge in [-0.1, -0.05) is 12.1 Å². The minimum atomic E-state index is -0.350. The van der Waals surface area contributed by atoms with Crippen molar-refractivity contribution in [3.05, 3.63) is 84.1 Å². The summed E-state index contributed by atoms with van der Waals surface area (Å²) in [5.74, 6) is -0.328. The van der Waals surface area contributed by atoms with Crippen molar-refractivity contribution in [1.29, 1.82) is 0 Å². The molecule has 4 aromatic rings. The molecule has 2 aromatic carbocycles. The number of anilines is 1. The van der Waals surface area contributed by atoms with Crippen LogP contribution in [-0.4, -0.2) is 38.6 Å². The lowest BCUT2D eigenvalue weighted by Gasteiger charge is -2.05. The molecule has 32 heavy (non-hydrogen) atoms. The third kappa shape index (κ3) is 5.42. The van der Waals surface area contributed by atoms with Crippen molar-refractivity contribution in [2.75, 3.05) is 11.9 Å². The van der Waals surface area contributed by atoms with Crippen molar-refractivity contribution in [1.82, 2.24) is 25.5 Å². The van der Waals surface area contributed by atoms with Crippen molar-refractivity contribution < 1.29 is 18.4 Å². The molecule has 4 rings (SSSR count). The largest absolute Gasteiger partial charge is 0.459 e. The van der Waals surface area contributed by atoms with Crippen LogP contribution in [0, 0.1) is 5.82 Å². The molecule has 2 aromatic heterocycles. The fraction of sp³-hybridized carbons (Fsp3) is 0.136. The van der Waals surface area contributed by atoms with Gasteiger partial charge in [0.2, 0.25) is 11.7 Å². The summed E-state index contributed by atoms with van der Waals surface area (Å²) in [6.07, 6.45) is 2.02. The van der Waals surface area contributed by atoms with Crippen LogP contribution in [0.3, 0.4) is 0 Å². The molecule has 0 saturated carbocycles. The van der Waals surface area contributed by atoms with E-state index in [1.807, 2.05) is 0 Å². The first-order valence-corrected chi connectivity index (χ1v) is 9.81. The molecular formula is C22H19FN6O3. The monoisotopic (exact) mass is 434 g/mol. The molecule has 0 aliphatic rings. The molecule has 0 unspecified atom stereocenters. The maximum Gasteiger partial charge on any atom is 0.291 e. The lowest BCUT2D eigenvalue weighted by molar-refractivity contribution is -0.122. The van der Waals surface area contributed by atoms with E-state index in [0.29, 0.717) is 30.0 Å². The molecule has 0 radical (unpaired) electrons. The summed E-state index contributed by atoms with van der Waals surface area (Å²) in [6.45, 7) is 0.338. The quantitative estimate of drug-likeness (QED) is 0.441. The zero-order chi connectivity index (χ0) is 22.3. The summed E-state index contributed by atoms with van der Waals surface area (Å²) in [5, 5.41) is 17.6. The number of carbonyl (C=O) groups excluding carboxylic acids is 2. The molecule has 10 heteroatoms. The van der Waals surface area contributed by atoms with Gasteiger partial charge >= 0.3 is 0 Å². The third-order valence-corrected chi connectivity index (χ3v) is 4.53. The van der Waals surface area contributed by atoms with Crippen LogP contribution in [0.25, 0.3) is 11.4 Å². The van der Waals surface area contributed by atoms with Gasteiger partial charge in [-0.05, 0) is 65.7 Å². The Balaban J connectivity index is 1.27. The van der Waals surface area contributed by atoms with Crippen molar-refractivity contribution in [3.63, 3.8) is 0 Å². The highest BCUT2D eigenvalue weighted by atomic mass is 19.1. The normalized spacial score (nSPS) is 10.7. The Bertz CT molecular complexity index is 1190. The van der Waals surface area contributed by atoms with Gasteiger partial charge in [-0.25, -0.2) is 4.39 Å². The van der Waals surface area contributed by atoms with E-state index in [-0.39, 0.29) is 29.9 Å². The van der Waals surface area contributed by atoms with Gasteiger partial charge in [0.15, 0.2) is 5.76 Å². The van der Waals surface area contributed by atoms with Crippen LogP contribution in [0.5, 0.6) is 0 Å². The number of furan rings is 1. The number of nitrogens with zero attached hydrogens (tertiary/aromatic N) is 4. The number of nitrogens with one attached hydrogen (secondary N) is 2. The van der Waals surface area contributed by atoms with Crippen LogP contribution in [0.2, 0.25) is 0 Å². The molecule has 2 N–H and O–H groups in total. The van der Waals surface area contributed by atoms with Gasteiger partial charge in [0, 0.05) is 17.8 Å². The summed E-state index contributed by atoms with van der Waals surface area (Å²) in [6, 6.07) is 16.2. The molecule has 0 bridgehead atoms. The highest BCUT2D eigenvalue weighted by Gasteiger charge is 2.11. The lowest BCUT2D eigenvalue weighted by atomic mass is 10.1. The number of aromatic nitrogens is 4. The maximum atomic E-state index is 12.9. The standard InChI is InChI=1S/C22H19FN6O3/c23-17-7-3-15(4-8-17)11-12-24-20(30)14-29-27-21(26-28-29)16-5-9-18(10-6-16)25-22(31)19-2-1-13-32-19/h1-10,13H,11-12,14H2,(H,24,30)(H,25,31). The Labute approximate surface area is 182 Å². The Morgan fingerprint density at radius 3 is 2.53 bits per heavy atom. The second-order valence-corrected chi connectivity index (χ2v) is 6.88. The fourth-order valence-corrected chi connectivity index (χ4v) is 2.91. The number of tetrazole rings is 1. The number of benzene rings is 2. The van der Waals surface area contributed by atoms with Crippen LogP contribution in [0.1, 0.15) is 16.1 Å². The molecule has 2 heterocycles. The van der Waals surface area contributed by atoms with Gasteiger partial charge in [-0.2, -0.15) is 4.80 Å². The predicted octanol–water partition coefficient (Wildman–Crippen LogP) is 2.68. The molecule has 162 valence electrons. The first-order chi connectivity index (χ1) is 15.6. The number of hydrogen-bond donors (Lipinski definition) is 2. The smallest absolute Gasteiger partial charge is 0.291 e. The van der Waals surface area contributed by atoms with E-state index in [0.717, 1.165) is 5.56 Å². The average molecular weight is 434 g/mol. The second kappa shape index (κ2) is 9.65. The minimum absolute atomic E-state index is 0.0757. The van der Waals surface area contributed by atoms with E-state index in [1.54, 1.807) is 48.5 Å².